The molecular formula is C16H19FN2. The molecule has 0 aromatic heterocycles. The second kappa shape index (κ2) is 4.92. The number of hydrogen-bond donors (Lipinski definition) is 1. The van der Waals surface area contributed by atoms with E-state index < -0.39 is 0 Å². The molecule has 0 unspecified atom stereocenters. The van der Waals surface area contributed by atoms with Gasteiger partial charge in [0.2, 0.25) is 0 Å². The zero-order valence-corrected chi connectivity index (χ0v) is 11.8. The molecule has 2 N–H and O–H groups in total. The smallest absolute Gasteiger partial charge is 0.128 e. The van der Waals surface area contributed by atoms with Gasteiger partial charge in [0.15, 0.2) is 0 Å². The second-order valence-electron chi connectivity index (χ2n) is 5.07. The van der Waals surface area contributed by atoms with E-state index >= 15 is 0 Å². The van der Waals surface area contributed by atoms with Gasteiger partial charge in [-0.15, -0.1) is 0 Å². The lowest BCUT2D eigenvalue weighted by Gasteiger charge is -2.23. The van der Waals surface area contributed by atoms with E-state index in [1.165, 1.54) is 17.2 Å². The van der Waals surface area contributed by atoms with Gasteiger partial charge in [-0.25, -0.2) is 4.39 Å². The Hall–Kier alpha value is -2.03. The zero-order valence-electron chi connectivity index (χ0n) is 11.8. The van der Waals surface area contributed by atoms with E-state index in [-0.39, 0.29) is 5.82 Å². The van der Waals surface area contributed by atoms with E-state index in [1.54, 1.807) is 13.0 Å². The Kier molecular flexibility index (Phi) is 3.47. The summed E-state index contributed by atoms with van der Waals surface area (Å²) in [5.41, 5.74) is 11.2. The topological polar surface area (TPSA) is 29.3 Å². The van der Waals surface area contributed by atoms with E-state index in [0.717, 1.165) is 11.4 Å². The highest BCUT2D eigenvalue weighted by Gasteiger charge is 2.11. The number of nitrogens with zero attached hydrogens (tertiary/aromatic N) is 1. The Bertz CT molecular complexity index is 600. The molecule has 0 aliphatic heterocycles. The minimum Gasteiger partial charge on any atom is -0.397 e. The number of nitrogen functional groups attached to an aromatic ring is 1. The fraction of sp³-hybridized carbons (Fsp3) is 0.250. The summed E-state index contributed by atoms with van der Waals surface area (Å²) in [4.78, 5) is 1.99. The first-order valence-corrected chi connectivity index (χ1v) is 6.26. The molecule has 0 fully saturated rings. The summed E-state index contributed by atoms with van der Waals surface area (Å²) in [6, 6.07) is 9.46. The molecule has 2 nitrogen and oxygen atoms in total. The van der Waals surface area contributed by atoms with Crippen LogP contribution >= 0.6 is 0 Å². The second-order valence-corrected chi connectivity index (χ2v) is 5.07. The van der Waals surface area contributed by atoms with E-state index in [1.807, 2.05) is 11.9 Å². The highest BCUT2D eigenvalue weighted by atomic mass is 19.1. The summed E-state index contributed by atoms with van der Waals surface area (Å²) in [5.74, 6) is -0.268. The number of rotatable bonds is 2. The maximum absolute atomic E-state index is 13.5. The maximum Gasteiger partial charge on any atom is 0.128 e. The van der Waals surface area contributed by atoms with Crippen LogP contribution in [0.5, 0.6) is 0 Å². The molecule has 0 radical (unpaired) electrons. The number of nitrogens with two attached hydrogens (primary N) is 1. The van der Waals surface area contributed by atoms with Gasteiger partial charge in [-0.2, -0.15) is 0 Å². The van der Waals surface area contributed by atoms with E-state index in [4.69, 9.17) is 5.73 Å². The molecule has 3 heteroatoms. The SMILES string of the molecule is Cc1cc(C)cc(N(C)c2cc(C)c(F)cc2N)c1. The number of benzene rings is 2. The average molecular weight is 258 g/mol. The number of hydrogen-bond acceptors (Lipinski definition) is 2. The largest absolute Gasteiger partial charge is 0.397 e. The number of aryl methyl sites for hydroxylation is 3. The summed E-state index contributed by atoms with van der Waals surface area (Å²) in [6.07, 6.45) is 0. The van der Waals surface area contributed by atoms with Crippen LogP contribution in [-0.2, 0) is 0 Å². The Morgan fingerprint density at radius 3 is 2.11 bits per heavy atom. The monoisotopic (exact) mass is 258 g/mol. The quantitative estimate of drug-likeness (QED) is 0.822. The molecule has 2 aromatic carbocycles. The van der Waals surface area contributed by atoms with Gasteiger partial charge in [0.25, 0.3) is 0 Å². The molecule has 0 bridgehead atoms. The summed E-state index contributed by atoms with van der Waals surface area (Å²) in [7, 11) is 1.94. The fourth-order valence-electron chi connectivity index (χ4n) is 2.26. The molecule has 0 atom stereocenters. The van der Waals surface area contributed by atoms with Crippen LogP contribution in [0, 0.1) is 26.6 Å². The third kappa shape index (κ3) is 2.70. The van der Waals surface area contributed by atoms with Gasteiger partial charge in [0.1, 0.15) is 5.82 Å². The van der Waals surface area contributed by atoms with Crippen molar-refractivity contribution in [2.75, 3.05) is 17.7 Å². The first-order chi connectivity index (χ1) is 8.88. The molecule has 2 aromatic rings. The standard InChI is InChI=1S/C16H19FN2/c1-10-5-11(2)7-13(6-10)19(4)16-8-12(3)14(17)9-15(16)18/h5-9H,18H2,1-4H3. The minimum absolute atomic E-state index is 0.268. The van der Waals surface area contributed by atoms with Crippen LogP contribution < -0.4 is 10.6 Å². The van der Waals surface area contributed by atoms with Crippen LogP contribution in [-0.4, -0.2) is 7.05 Å². The van der Waals surface area contributed by atoms with Crippen LogP contribution in [0.4, 0.5) is 21.5 Å². The van der Waals surface area contributed by atoms with Crippen molar-refractivity contribution in [2.24, 2.45) is 0 Å². The van der Waals surface area contributed by atoms with Crippen molar-refractivity contribution < 1.29 is 4.39 Å². The molecular weight excluding hydrogens is 239 g/mol. The van der Waals surface area contributed by atoms with Crippen molar-refractivity contribution in [3.05, 3.63) is 52.8 Å². The van der Waals surface area contributed by atoms with Crippen LogP contribution in [0.2, 0.25) is 0 Å². The summed E-state index contributed by atoms with van der Waals surface area (Å²) >= 11 is 0. The maximum atomic E-state index is 13.5. The van der Waals surface area contributed by atoms with E-state index in [9.17, 15) is 4.39 Å². The van der Waals surface area contributed by atoms with Crippen molar-refractivity contribution in [1.29, 1.82) is 0 Å². The van der Waals surface area contributed by atoms with Crippen molar-refractivity contribution in [3.8, 4) is 0 Å². The van der Waals surface area contributed by atoms with E-state index in [0.29, 0.717) is 11.3 Å². The molecule has 0 aliphatic carbocycles. The Labute approximate surface area is 113 Å². The summed E-state index contributed by atoms with van der Waals surface area (Å²) in [6.45, 7) is 5.86. The molecule has 0 saturated carbocycles. The summed E-state index contributed by atoms with van der Waals surface area (Å²) < 4.78 is 13.5. The third-order valence-electron chi connectivity index (χ3n) is 3.26. The van der Waals surface area contributed by atoms with Crippen LogP contribution in [0.15, 0.2) is 30.3 Å². The molecule has 100 valence electrons. The molecule has 2 rings (SSSR count). The lowest BCUT2D eigenvalue weighted by molar-refractivity contribution is 0.619. The molecule has 0 spiro atoms. The fourth-order valence-corrected chi connectivity index (χ4v) is 2.26. The van der Waals surface area contributed by atoms with Gasteiger partial charge >= 0.3 is 0 Å². The van der Waals surface area contributed by atoms with Gasteiger partial charge in [-0.1, -0.05) is 6.07 Å². The predicted molar refractivity (Wildman–Crippen MR) is 79.5 cm³/mol. The molecule has 0 saturated heterocycles. The predicted octanol–water partition coefficient (Wildman–Crippen LogP) is 4.10. The normalized spacial score (nSPS) is 10.6. The highest BCUT2D eigenvalue weighted by molar-refractivity contribution is 5.75. The van der Waals surface area contributed by atoms with Crippen molar-refractivity contribution >= 4 is 17.1 Å². The Balaban J connectivity index is 2.49. The van der Waals surface area contributed by atoms with Crippen molar-refractivity contribution in [3.63, 3.8) is 0 Å². The first kappa shape index (κ1) is 13.4. The molecule has 0 amide bonds. The lowest BCUT2D eigenvalue weighted by Crippen LogP contribution is -2.12. The van der Waals surface area contributed by atoms with Gasteiger partial charge in [-0.05, 0) is 61.7 Å². The van der Waals surface area contributed by atoms with Crippen molar-refractivity contribution in [2.45, 2.75) is 20.8 Å². The zero-order chi connectivity index (χ0) is 14.2. The minimum atomic E-state index is -0.268. The highest BCUT2D eigenvalue weighted by Crippen LogP contribution is 2.31. The first-order valence-electron chi connectivity index (χ1n) is 6.26. The van der Waals surface area contributed by atoms with Gasteiger partial charge in [-0.3, -0.25) is 0 Å². The number of anilines is 3. The average Bonchev–Trinajstić information content (AvgIpc) is 2.31. The number of halogens is 1. The lowest BCUT2D eigenvalue weighted by atomic mass is 10.1. The van der Waals surface area contributed by atoms with Crippen LogP contribution in [0.1, 0.15) is 16.7 Å². The molecule has 19 heavy (non-hydrogen) atoms. The molecule has 0 heterocycles. The van der Waals surface area contributed by atoms with Gasteiger partial charge in [0, 0.05) is 12.7 Å². The van der Waals surface area contributed by atoms with Gasteiger partial charge in [0.05, 0.1) is 11.4 Å². The summed E-state index contributed by atoms with van der Waals surface area (Å²) in [5, 5.41) is 0. The Morgan fingerprint density at radius 1 is 0.947 bits per heavy atom. The molecule has 0 aliphatic rings. The Morgan fingerprint density at radius 2 is 1.53 bits per heavy atom. The van der Waals surface area contributed by atoms with Crippen LogP contribution in [0.3, 0.4) is 0 Å². The van der Waals surface area contributed by atoms with E-state index in [2.05, 4.69) is 32.0 Å². The van der Waals surface area contributed by atoms with Crippen molar-refractivity contribution in [1.82, 2.24) is 0 Å². The van der Waals surface area contributed by atoms with Crippen LogP contribution in [0.25, 0.3) is 0 Å². The third-order valence-corrected chi connectivity index (χ3v) is 3.26. The van der Waals surface area contributed by atoms with Gasteiger partial charge < -0.3 is 10.6 Å².